The highest BCUT2D eigenvalue weighted by atomic mass is 28.2. The average molecular weight is 447 g/mol. The Labute approximate surface area is 185 Å². The van der Waals surface area contributed by atoms with Crippen LogP contribution in [0.25, 0.3) is 12.2 Å². The number of benzene rings is 2. The van der Waals surface area contributed by atoms with Crippen LogP contribution in [0.3, 0.4) is 0 Å². The Bertz CT molecular complexity index is 889. The highest BCUT2D eigenvalue weighted by Crippen LogP contribution is 2.36. The molecule has 2 nitrogen and oxygen atoms in total. The second kappa shape index (κ2) is 11.0. The van der Waals surface area contributed by atoms with Crippen LogP contribution < -0.4 is 4.74 Å². The average Bonchev–Trinajstić information content (AvgIpc) is 2.76. The molecule has 0 amide bonds. The Morgan fingerprint density at radius 2 is 1.90 bits per heavy atom. The minimum Gasteiger partial charge on any atom is -0.491 e. The molecule has 1 heterocycles. The van der Waals surface area contributed by atoms with Crippen molar-refractivity contribution in [3.8, 4) is 5.75 Å². The molecule has 0 bridgehead atoms. The highest BCUT2D eigenvalue weighted by molar-refractivity contribution is 6.37. The molecule has 166 valence electrons. The summed E-state index contributed by atoms with van der Waals surface area (Å²) in [6.07, 6.45) is 2.69. The zero-order valence-corrected chi connectivity index (χ0v) is 19.3. The molecule has 2 radical (unpaired) electrons. The summed E-state index contributed by atoms with van der Waals surface area (Å²) < 4.78 is 53.0. The van der Waals surface area contributed by atoms with Crippen LogP contribution >= 0.6 is 0 Å². The summed E-state index contributed by atoms with van der Waals surface area (Å²) >= 11 is 0. The summed E-state index contributed by atoms with van der Waals surface area (Å²) in [4.78, 5) is 0. The monoisotopic (exact) mass is 446 g/mol. The van der Waals surface area contributed by atoms with Gasteiger partial charge in [-0.15, -0.1) is 0 Å². The van der Waals surface area contributed by atoms with Crippen molar-refractivity contribution in [2.45, 2.75) is 57.7 Å². The molecular formula is C25H29F3O2Si. The summed E-state index contributed by atoms with van der Waals surface area (Å²) in [6, 6.07) is 10.6. The third kappa shape index (κ3) is 5.80. The first-order chi connectivity index (χ1) is 14.9. The minimum atomic E-state index is -2.93. The highest BCUT2D eigenvalue weighted by Gasteiger charge is 2.24. The van der Waals surface area contributed by atoms with Crippen molar-refractivity contribution < 1.29 is 22.6 Å². The summed E-state index contributed by atoms with van der Waals surface area (Å²) in [6.45, 7) is 6.62. The van der Waals surface area contributed by atoms with Crippen LogP contribution in [-0.4, -0.2) is 22.7 Å². The summed E-state index contributed by atoms with van der Waals surface area (Å²) in [5.41, 5.74) is 2.80. The van der Waals surface area contributed by atoms with E-state index in [4.69, 9.17) is 9.47 Å². The molecular weight excluding hydrogens is 417 g/mol. The molecule has 0 aromatic heterocycles. The van der Waals surface area contributed by atoms with Gasteiger partial charge in [-0.3, -0.25) is 0 Å². The molecule has 1 aliphatic heterocycles. The lowest BCUT2D eigenvalue weighted by Crippen LogP contribution is -2.20. The van der Waals surface area contributed by atoms with E-state index >= 15 is 0 Å². The van der Waals surface area contributed by atoms with Gasteiger partial charge in [0.2, 0.25) is 0 Å². The van der Waals surface area contributed by atoms with Crippen LogP contribution in [0.5, 0.6) is 5.75 Å². The summed E-state index contributed by atoms with van der Waals surface area (Å²) in [5, 5.41) is 0. The fraction of sp³-hybridized carbons (Fsp3) is 0.440. The van der Waals surface area contributed by atoms with Crippen molar-refractivity contribution in [1.82, 2.24) is 0 Å². The van der Waals surface area contributed by atoms with Gasteiger partial charge in [-0.2, -0.15) is 0 Å². The van der Waals surface area contributed by atoms with Gasteiger partial charge < -0.3 is 9.47 Å². The smallest absolute Gasteiger partial charge is 0.267 e. The Morgan fingerprint density at radius 3 is 2.48 bits per heavy atom. The molecule has 1 saturated heterocycles. The number of hydrogen-bond acceptors (Lipinski definition) is 2. The van der Waals surface area contributed by atoms with E-state index in [-0.39, 0.29) is 24.0 Å². The zero-order valence-electron chi connectivity index (χ0n) is 18.3. The van der Waals surface area contributed by atoms with Crippen molar-refractivity contribution in [1.29, 1.82) is 0 Å². The van der Waals surface area contributed by atoms with Gasteiger partial charge in [-0.05, 0) is 60.6 Å². The van der Waals surface area contributed by atoms with E-state index in [1.54, 1.807) is 26.0 Å². The molecule has 31 heavy (non-hydrogen) atoms. The summed E-state index contributed by atoms with van der Waals surface area (Å²) in [5.74, 6) is -1.13. The number of rotatable bonds is 8. The van der Waals surface area contributed by atoms with Gasteiger partial charge in [0, 0.05) is 16.1 Å². The minimum absolute atomic E-state index is 0.115. The van der Waals surface area contributed by atoms with E-state index < -0.39 is 17.8 Å². The van der Waals surface area contributed by atoms with Gasteiger partial charge in [-0.1, -0.05) is 49.4 Å². The number of hydrogen-bond donors (Lipinski definition) is 0. The van der Waals surface area contributed by atoms with E-state index in [1.807, 2.05) is 24.3 Å². The van der Waals surface area contributed by atoms with Crippen molar-refractivity contribution in [2.75, 3.05) is 13.2 Å². The Hall–Kier alpha value is -2.05. The lowest BCUT2D eigenvalue weighted by molar-refractivity contribution is 0.0150. The van der Waals surface area contributed by atoms with Crippen molar-refractivity contribution in [2.24, 2.45) is 0 Å². The predicted molar refractivity (Wildman–Crippen MR) is 121 cm³/mol. The van der Waals surface area contributed by atoms with Crippen LogP contribution in [0.15, 0.2) is 30.3 Å². The Kier molecular flexibility index (Phi) is 8.38. The van der Waals surface area contributed by atoms with Crippen molar-refractivity contribution >= 4 is 21.7 Å². The van der Waals surface area contributed by atoms with Crippen molar-refractivity contribution in [3.63, 3.8) is 0 Å². The molecule has 6 heteroatoms. The lowest BCUT2D eigenvalue weighted by atomic mass is 9.98. The van der Waals surface area contributed by atoms with Crippen LogP contribution in [-0.2, 0) is 4.74 Å². The molecule has 0 N–H and O–H groups in total. The lowest BCUT2D eigenvalue weighted by Gasteiger charge is -2.29. The van der Waals surface area contributed by atoms with E-state index in [0.717, 1.165) is 33.7 Å². The standard InChI is InChI=1S/C25H29F3O2Si/c1-4-29-22-14-16(3)20(23(24(22)26)25(27)28)12-8-17-6-9-18(10-7-17)21-13-11-19(15-30-21)31-5-2/h6-10,12,14,19,21,25H,4-5,11,13,15H2,1-3H3/b12-8+. The van der Waals surface area contributed by atoms with Gasteiger partial charge in [0.1, 0.15) is 0 Å². The maximum absolute atomic E-state index is 14.6. The largest absolute Gasteiger partial charge is 0.491 e. The fourth-order valence-electron chi connectivity index (χ4n) is 3.96. The van der Waals surface area contributed by atoms with Crippen LogP contribution in [0.2, 0.25) is 11.6 Å². The van der Waals surface area contributed by atoms with E-state index in [0.29, 0.717) is 11.1 Å². The molecule has 2 aromatic carbocycles. The topological polar surface area (TPSA) is 18.5 Å². The molecule has 0 aliphatic carbocycles. The first-order valence-corrected chi connectivity index (χ1v) is 12.1. The van der Waals surface area contributed by atoms with Crippen molar-refractivity contribution in [3.05, 3.63) is 64.0 Å². The Balaban J connectivity index is 1.76. The maximum atomic E-state index is 14.6. The second-order valence-electron chi connectivity index (χ2n) is 7.72. The summed E-state index contributed by atoms with van der Waals surface area (Å²) in [7, 11) is 0.967. The van der Waals surface area contributed by atoms with E-state index in [9.17, 15) is 13.2 Å². The first kappa shape index (κ1) is 23.6. The molecule has 1 aliphatic rings. The normalized spacial score (nSPS) is 19.3. The number of ether oxygens (including phenoxy) is 2. The number of alkyl halides is 2. The van der Waals surface area contributed by atoms with Gasteiger partial charge in [-0.25, -0.2) is 13.2 Å². The van der Waals surface area contributed by atoms with Crippen LogP contribution in [0.4, 0.5) is 13.2 Å². The van der Waals surface area contributed by atoms with Gasteiger partial charge in [0.15, 0.2) is 11.6 Å². The zero-order chi connectivity index (χ0) is 22.4. The van der Waals surface area contributed by atoms with E-state index in [2.05, 4.69) is 6.92 Å². The molecule has 1 fully saturated rings. The SMILES string of the molecule is CCOc1cc(C)c(/C=C/c2ccc(C3CCC([Si]CC)CO3)cc2)c(C(F)F)c1F. The molecule has 2 aromatic rings. The van der Waals surface area contributed by atoms with Crippen LogP contribution in [0.1, 0.15) is 67.0 Å². The predicted octanol–water partition coefficient (Wildman–Crippen LogP) is 7.42. The molecule has 2 unspecified atom stereocenters. The van der Waals surface area contributed by atoms with Gasteiger partial charge in [0.05, 0.1) is 18.3 Å². The fourth-order valence-corrected chi connectivity index (χ4v) is 5.12. The van der Waals surface area contributed by atoms with Gasteiger partial charge in [0.25, 0.3) is 6.43 Å². The number of aryl methyl sites for hydroxylation is 1. The third-order valence-corrected chi connectivity index (χ3v) is 6.99. The molecule has 0 spiro atoms. The second-order valence-corrected chi connectivity index (χ2v) is 9.65. The molecule has 0 saturated carbocycles. The van der Waals surface area contributed by atoms with Crippen LogP contribution in [0, 0.1) is 12.7 Å². The van der Waals surface area contributed by atoms with E-state index in [1.165, 1.54) is 18.5 Å². The van der Waals surface area contributed by atoms with Gasteiger partial charge >= 0.3 is 0 Å². The quantitative estimate of drug-likeness (QED) is 0.310. The first-order valence-electron chi connectivity index (χ1n) is 10.8. The maximum Gasteiger partial charge on any atom is 0.267 e. The molecule has 2 atom stereocenters. The molecule has 3 rings (SSSR count). The third-order valence-electron chi connectivity index (χ3n) is 5.55. The Morgan fingerprint density at radius 1 is 1.16 bits per heavy atom. The number of halogens is 3.